The molecule has 2 heterocycles. The molecule has 1 N–H and O–H groups in total. The molecule has 126 valence electrons. The molecule has 0 bridgehead atoms. The maximum absolute atomic E-state index is 4.85. The first-order valence-electron chi connectivity index (χ1n) is 8.05. The fraction of sp³-hybridized carbons (Fsp3) is 0.750. The summed E-state index contributed by atoms with van der Waals surface area (Å²) in [6, 6.07) is 0. The van der Waals surface area contributed by atoms with E-state index >= 15 is 0 Å². The van der Waals surface area contributed by atoms with Crippen LogP contribution in [0.2, 0.25) is 0 Å². The quantitative estimate of drug-likeness (QED) is 0.466. The van der Waals surface area contributed by atoms with Crippen LogP contribution < -0.4 is 5.32 Å². The highest BCUT2D eigenvalue weighted by Gasteiger charge is 2.18. The van der Waals surface area contributed by atoms with E-state index in [1.165, 1.54) is 24.1 Å². The minimum atomic E-state index is 0. The Kier molecular flexibility index (Phi) is 7.65. The van der Waals surface area contributed by atoms with Crippen molar-refractivity contribution in [2.24, 2.45) is 18.0 Å². The molecule has 1 aromatic heterocycles. The van der Waals surface area contributed by atoms with Gasteiger partial charge in [0, 0.05) is 37.9 Å². The van der Waals surface area contributed by atoms with Crippen LogP contribution in [0.5, 0.6) is 0 Å². The van der Waals surface area contributed by atoms with Gasteiger partial charge in [-0.15, -0.1) is 24.0 Å². The van der Waals surface area contributed by atoms with Gasteiger partial charge in [0.15, 0.2) is 5.96 Å². The van der Waals surface area contributed by atoms with Crippen molar-refractivity contribution >= 4 is 29.9 Å². The molecule has 22 heavy (non-hydrogen) atoms. The topological polar surface area (TPSA) is 45.5 Å². The summed E-state index contributed by atoms with van der Waals surface area (Å²) in [5.74, 6) is 1.89. The Hall–Kier alpha value is -0.790. The van der Waals surface area contributed by atoms with E-state index in [1.54, 1.807) is 0 Å². The van der Waals surface area contributed by atoms with Gasteiger partial charge in [-0.3, -0.25) is 4.68 Å². The first-order chi connectivity index (χ1) is 10.0. The molecule has 0 amide bonds. The highest BCUT2D eigenvalue weighted by Crippen LogP contribution is 2.17. The molecule has 1 aliphatic heterocycles. The Morgan fingerprint density at radius 3 is 2.45 bits per heavy atom. The van der Waals surface area contributed by atoms with Crippen molar-refractivity contribution < 1.29 is 0 Å². The second-order valence-corrected chi connectivity index (χ2v) is 6.11. The molecule has 1 aromatic rings. The predicted molar refractivity (Wildman–Crippen MR) is 103 cm³/mol. The number of rotatable bonds is 3. The number of guanidine groups is 1. The first kappa shape index (κ1) is 19.3. The normalized spacial score (nSPS) is 16.6. The Bertz CT molecular complexity index is 501. The third-order valence-corrected chi connectivity index (χ3v) is 4.46. The molecule has 1 saturated heterocycles. The van der Waals surface area contributed by atoms with E-state index in [-0.39, 0.29) is 24.0 Å². The van der Waals surface area contributed by atoms with Crippen LogP contribution in [0, 0.1) is 19.8 Å². The average molecular weight is 419 g/mol. The van der Waals surface area contributed by atoms with E-state index in [2.05, 4.69) is 43.0 Å². The van der Waals surface area contributed by atoms with Gasteiger partial charge in [-0.2, -0.15) is 5.10 Å². The summed E-state index contributed by atoms with van der Waals surface area (Å²) in [7, 11) is 1.99. The van der Waals surface area contributed by atoms with Gasteiger partial charge in [0.05, 0.1) is 12.2 Å². The number of piperidine rings is 1. The van der Waals surface area contributed by atoms with Gasteiger partial charge < -0.3 is 10.2 Å². The first-order valence-corrected chi connectivity index (χ1v) is 8.05. The predicted octanol–water partition coefficient (Wildman–Crippen LogP) is 2.85. The fourth-order valence-electron chi connectivity index (χ4n) is 2.85. The van der Waals surface area contributed by atoms with E-state index in [0.717, 1.165) is 37.2 Å². The molecule has 0 aromatic carbocycles. The summed E-state index contributed by atoms with van der Waals surface area (Å²) in [6.07, 6.45) is 2.52. The molecule has 0 atom stereocenters. The van der Waals surface area contributed by atoms with E-state index in [9.17, 15) is 0 Å². The minimum absolute atomic E-state index is 0. The number of halogens is 1. The number of aliphatic imine (C=N–C) groups is 1. The van der Waals surface area contributed by atoms with E-state index in [1.807, 2.05) is 11.7 Å². The van der Waals surface area contributed by atoms with Gasteiger partial charge in [-0.25, -0.2) is 4.99 Å². The third kappa shape index (κ3) is 4.60. The van der Waals surface area contributed by atoms with Crippen molar-refractivity contribution in [2.75, 3.05) is 19.6 Å². The van der Waals surface area contributed by atoms with Crippen molar-refractivity contribution in [3.05, 3.63) is 17.0 Å². The van der Waals surface area contributed by atoms with Crippen molar-refractivity contribution in [1.82, 2.24) is 20.0 Å². The van der Waals surface area contributed by atoms with E-state index in [4.69, 9.17) is 4.99 Å². The lowest BCUT2D eigenvalue weighted by molar-refractivity contribution is 0.273. The summed E-state index contributed by atoms with van der Waals surface area (Å²) in [4.78, 5) is 7.24. The van der Waals surface area contributed by atoms with Crippen molar-refractivity contribution in [1.29, 1.82) is 0 Å². The van der Waals surface area contributed by atoms with Crippen LogP contribution in [0.3, 0.4) is 0 Å². The van der Waals surface area contributed by atoms with Gasteiger partial charge in [-0.05, 0) is 39.5 Å². The van der Waals surface area contributed by atoms with Crippen molar-refractivity contribution in [3.63, 3.8) is 0 Å². The number of aryl methyl sites for hydroxylation is 2. The zero-order valence-electron chi connectivity index (χ0n) is 14.5. The van der Waals surface area contributed by atoms with E-state index in [0.29, 0.717) is 6.54 Å². The lowest BCUT2D eigenvalue weighted by Gasteiger charge is -2.33. The highest BCUT2D eigenvalue weighted by molar-refractivity contribution is 14.0. The van der Waals surface area contributed by atoms with Crippen LogP contribution in [-0.2, 0) is 13.6 Å². The average Bonchev–Trinajstić information content (AvgIpc) is 2.70. The number of nitrogens with zero attached hydrogens (tertiary/aromatic N) is 4. The Morgan fingerprint density at radius 2 is 1.95 bits per heavy atom. The number of likely N-dealkylation sites (tertiary alicyclic amines) is 1. The molecule has 0 saturated carbocycles. The highest BCUT2D eigenvalue weighted by atomic mass is 127. The Labute approximate surface area is 151 Å². The molecule has 1 aliphatic rings. The van der Waals surface area contributed by atoms with Crippen LogP contribution >= 0.6 is 24.0 Å². The van der Waals surface area contributed by atoms with Crippen LogP contribution in [0.1, 0.15) is 43.6 Å². The van der Waals surface area contributed by atoms with Crippen LogP contribution in [0.4, 0.5) is 0 Å². The molecular formula is C16H30IN5. The Morgan fingerprint density at radius 1 is 1.32 bits per heavy atom. The van der Waals surface area contributed by atoms with Crippen molar-refractivity contribution in [3.8, 4) is 0 Å². The van der Waals surface area contributed by atoms with Gasteiger partial charge in [0.25, 0.3) is 0 Å². The van der Waals surface area contributed by atoms with Gasteiger partial charge >= 0.3 is 0 Å². The second-order valence-electron chi connectivity index (χ2n) is 6.11. The Balaban J connectivity index is 0.00000242. The SMILES string of the molecule is CCNC(=NCc1c(C)nn(C)c1C)N1CCC(C)CC1.I. The standard InChI is InChI=1S/C16H29N5.HI/c1-6-17-16(21-9-7-12(2)8-10-21)18-11-15-13(3)19-20(5)14(15)4;/h12H,6-11H2,1-5H3,(H,17,18);1H. The molecule has 2 rings (SSSR count). The summed E-state index contributed by atoms with van der Waals surface area (Å²) in [6.45, 7) is 12.5. The summed E-state index contributed by atoms with van der Waals surface area (Å²) in [5.41, 5.74) is 3.54. The minimum Gasteiger partial charge on any atom is -0.357 e. The zero-order valence-corrected chi connectivity index (χ0v) is 16.8. The number of hydrogen-bond donors (Lipinski definition) is 1. The zero-order chi connectivity index (χ0) is 15.4. The van der Waals surface area contributed by atoms with Crippen LogP contribution in [0.25, 0.3) is 0 Å². The molecule has 0 spiro atoms. The summed E-state index contributed by atoms with van der Waals surface area (Å²) >= 11 is 0. The molecule has 0 radical (unpaired) electrons. The second kappa shape index (κ2) is 8.74. The summed E-state index contributed by atoms with van der Waals surface area (Å²) in [5, 5.41) is 7.90. The van der Waals surface area contributed by atoms with Gasteiger partial charge in [-0.1, -0.05) is 6.92 Å². The maximum Gasteiger partial charge on any atom is 0.194 e. The molecule has 6 heteroatoms. The smallest absolute Gasteiger partial charge is 0.194 e. The molecule has 5 nitrogen and oxygen atoms in total. The summed E-state index contributed by atoms with van der Waals surface area (Å²) < 4.78 is 1.94. The lowest BCUT2D eigenvalue weighted by Crippen LogP contribution is -2.45. The molecule has 1 fully saturated rings. The van der Waals surface area contributed by atoms with Crippen LogP contribution in [0.15, 0.2) is 4.99 Å². The number of nitrogens with one attached hydrogen (secondary N) is 1. The molecule has 0 unspecified atom stereocenters. The monoisotopic (exact) mass is 419 g/mol. The maximum atomic E-state index is 4.85. The number of hydrogen-bond acceptors (Lipinski definition) is 2. The van der Waals surface area contributed by atoms with E-state index < -0.39 is 0 Å². The third-order valence-electron chi connectivity index (χ3n) is 4.46. The van der Waals surface area contributed by atoms with Crippen molar-refractivity contribution in [2.45, 2.75) is 47.1 Å². The van der Waals surface area contributed by atoms with Gasteiger partial charge in [0.2, 0.25) is 0 Å². The van der Waals surface area contributed by atoms with Crippen LogP contribution in [-0.4, -0.2) is 40.3 Å². The lowest BCUT2D eigenvalue weighted by atomic mass is 10.00. The largest absolute Gasteiger partial charge is 0.357 e. The fourth-order valence-corrected chi connectivity index (χ4v) is 2.85. The molecule has 0 aliphatic carbocycles. The number of aromatic nitrogens is 2. The molecular weight excluding hydrogens is 389 g/mol. The van der Waals surface area contributed by atoms with Gasteiger partial charge in [0.1, 0.15) is 0 Å².